The van der Waals surface area contributed by atoms with Crippen LogP contribution in [0.5, 0.6) is 0 Å². The summed E-state index contributed by atoms with van der Waals surface area (Å²) in [5, 5.41) is 5.32. The molecule has 1 aromatic rings. The molecule has 22 heavy (non-hydrogen) atoms. The van der Waals surface area contributed by atoms with Crippen LogP contribution in [0.2, 0.25) is 0 Å². The summed E-state index contributed by atoms with van der Waals surface area (Å²) in [5.41, 5.74) is -0.361. The van der Waals surface area contributed by atoms with Crippen molar-refractivity contribution in [1.29, 1.82) is 0 Å². The topological polar surface area (TPSA) is 52.7 Å². The Hall–Kier alpha value is -1.40. The lowest BCUT2D eigenvalue weighted by molar-refractivity contribution is -0.139. The highest BCUT2D eigenvalue weighted by Crippen LogP contribution is 2.26. The van der Waals surface area contributed by atoms with Crippen LogP contribution in [0.25, 0.3) is 0 Å². The quantitative estimate of drug-likeness (QED) is 0.919. The minimum atomic E-state index is -0.361. The van der Waals surface area contributed by atoms with Crippen LogP contribution in [0.1, 0.15) is 35.9 Å². The van der Waals surface area contributed by atoms with Crippen LogP contribution in [-0.4, -0.2) is 59.9 Å². The van der Waals surface area contributed by atoms with Gasteiger partial charge in [0.05, 0.1) is 10.4 Å². The maximum atomic E-state index is 12.8. The van der Waals surface area contributed by atoms with E-state index in [1.807, 2.05) is 27.3 Å². The largest absolute Gasteiger partial charge is 0.338 e. The molecule has 1 atom stereocenters. The van der Waals surface area contributed by atoms with Crippen molar-refractivity contribution in [3.05, 3.63) is 22.4 Å². The third-order valence-electron chi connectivity index (χ3n) is 4.84. The molecule has 0 aromatic carbocycles. The van der Waals surface area contributed by atoms with Gasteiger partial charge in [0.2, 0.25) is 5.91 Å². The summed E-state index contributed by atoms with van der Waals surface area (Å²) in [7, 11) is 0. The van der Waals surface area contributed by atoms with E-state index in [1.54, 1.807) is 0 Å². The van der Waals surface area contributed by atoms with Gasteiger partial charge in [-0.3, -0.25) is 9.59 Å². The van der Waals surface area contributed by atoms with E-state index in [2.05, 4.69) is 12.2 Å². The summed E-state index contributed by atoms with van der Waals surface area (Å²) < 4.78 is 0. The second kappa shape index (κ2) is 6.38. The maximum absolute atomic E-state index is 12.8. The van der Waals surface area contributed by atoms with E-state index >= 15 is 0 Å². The van der Waals surface area contributed by atoms with Crippen LogP contribution in [0.15, 0.2) is 17.5 Å². The Bertz CT molecular complexity index is 530. The van der Waals surface area contributed by atoms with Gasteiger partial charge in [0, 0.05) is 26.2 Å². The molecule has 3 rings (SSSR count). The number of nitrogens with one attached hydrogen (secondary N) is 1. The average Bonchev–Trinajstić information content (AvgIpc) is 3.25. The van der Waals surface area contributed by atoms with Gasteiger partial charge in [-0.2, -0.15) is 0 Å². The van der Waals surface area contributed by atoms with Crippen LogP contribution < -0.4 is 5.32 Å². The van der Waals surface area contributed by atoms with E-state index in [0.29, 0.717) is 26.2 Å². The van der Waals surface area contributed by atoms with Gasteiger partial charge in [-0.1, -0.05) is 13.0 Å². The molecule has 1 aromatic heterocycles. The zero-order valence-electron chi connectivity index (χ0n) is 13.0. The Morgan fingerprint density at radius 1 is 1.27 bits per heavy atom. The maximum Gasteiger partial charge on any atom is 0.264 e. The first-order valence-corrected chi connectivity index (χ1v) is 8.91. The van der Waals surface area contributed by atoms with Crippen molar-refractivity contribution < 1.29 is 9.59 Å². The predicted octanol–water partition coefficient (Wildman–Crippen LogP) is 1.56. The summed E-state index contributed by atoms with van der Waals surface area (Å²) >= 11 is 1.47. The van der Waals surface area contributed by atoms with Gasteiger partial charge in [0.25, 0.3) is 5.91 Å². The fourth-order valence-corrected chi connectivity index (χ4v) is 4.10. The molecule has 5 nitrogen and oxygen atoms in total. The Morgan fingerprint density at radius 2 is 2.00 bits per heavy atom. The van der Waals surface area contributed by atoms with Gasteiger partial charge in [-0.25, -0.2) is 0 Å². The van der Waals surface area contributed by atoms with Crippen molar-refractivity contribution in [2.45, 2.75) is 31.7 Å². The minimum absolute atomic E-state index is 0.0892. The van der Waals surface area contributed by atoms with Gasteiger partial charge in [0.1, 0.15) is 0 Å². The number of hydrogen-bond acceptors (Lipinski definition) is 4. The summed E-state index contributed by atoms with van der Waals surface area (Å²) in [5.74, 6) is 0.307. The van der Waals surface area contributed by atoms with Crippen molar-refractivity contribution in [3.63, 3.8) is 0 Å². The highest BCUT2D eigenvalue weighted by molar-refractivity contribution is 7.12. The zero-order chi connectivity index (χ0) is 15.6. The number of thiophene rings is 1. The lowest BCUT2D eigenvalue weighted by atomic mass is 9.92. The first-order valence-electron chi connectivity index (χ1n) is 8.03. The standard InChI is InChI=1S/C16H23N3O2S/c1-2-16(6-4-7-17-16)15(21)19-10-8-18(9-11-19)14(20)13-5-3-12-22-13/h3,5,12,17H,2,4,6-11H2,1H3. The highest BCUT2D eigenvalue weighted by atomic mass is 32.1. The average molecular weight is 321 g/mol. The molecular formula is C16H23N3O2S. The normalized spacial score (nSPS) is 25.5. The summed E-state index contributed by atoms with van der Waals surface area (Å²) in [6.45, 7) is 5.53. The summed E-state index contributed by atoms with van der Waals surface area (Å²) in [6, 6.07) is 3.76. The van der Waals surface area contributed by atoms with Gasteiger partial charge >= 0.3 is 0 Å². The predicted molar refractivity (Wildman–Crippen MR) is 87.1 cm³/mol. The molecule has 2 aliphatic heterocycles. The fourth-order valence-electron chi connectivity index (χ4n) is 3.41. The molecule has 0 aliphatic carbocycles. The summed E-state index contributed by atoms with van der Waals surface area (Å²) in [6.07, 6.45) is 2.83. The Labute approximate surface area is 135 Å². The van der Waals surface area contributed by atoms with Crippen molar-refractivity contribution in [1.82, 2.24) is 15.1 Å². The molecule has 1 unspecified atom stereocenters. The van der Waals surface area contributed by atoms with Gasteiger partial charge < -0.3 is 15.1 Å². The van der Waals surface area contributed by atoms with Crippen LogP contribution >= 0.6 is 11.3 Å². The molecule has 3 heterocycles. The molecule has 0 bridgehead atoms. The lowest BCUT2D eigenvalue weighted by Gasteiger charge is -2.39. The molecular weight excluding hydrogens is 298 g/mol. The number of amides is 2. The fraction of sp³-hybridized carbons (Fsp3) is 0.625. The van der Waals surface area contributed by atoms with Gasteiger partial charge in [-0.15, -0.1) is 11.3 Å². The molecule has 2 fully saturated rings. The van der Waals surface area contributed by atoms with Crippen LogP contribution in [0.3, 0.4) is 0 Å². The van der Waals surface area contributed by atoms with Crippen LogP contribution in [0, 0.1) is 0 Å². The number of hydrogen-bond donors (Lipinski definition) is 1. The molecule has 2 saturated heterocycles. The minimum Gasteiger partial charge on any atom is -0.338 e. The van der Waals surface area contributed by atoms with E-state index in [1.165, 1.54) is 11.3 Å². The molecule has 120 valence electrons. The zero-order valence-corrected chi connectivity index (χ0v) is 13.8. The van der Waals surface area contributed by atoms with Crippen molar-refractivity contribution in [2.75, 3.05) is 32.7 Å². The first-order chi connectivity index (χ1) is 10.7. The second-order valence-electron chi connectivity index (χ2n) is 6.03. The number of carbonyl (C=O) groups is 2. The molecule has 0 spiro atoms. The van der Waals surface area contributed by atoms with Gasteiger partial charge in [-0.05, 0) is 37.3 Å². The third kappa shape index (κ3) is 2.77. The molecule has 0 saturated carbocycles. The molecule has 6 heteroatoms. The van der Waals surface area contributed by atoms with E-state index in [0.717, 1.165) is 30.7 Å². The summed E-state index contributed by atoms with van der Waals surface area (Å²) in [4.78, 5) is 29.7. The SMILES string of the molecule is CCC1(C(=O)N2CCN(C(=O)c3cccs3)CC2)CCCN1. The smallest absolute Gasteiger partial charge is 0.264 e. The lowest BCUT2D eigenvalue weighted by Crippen LogP contribution is -2.59. The van der Waals surface area contributed by atoms with Crippen LogP contribution in [-0.2, 0) is 4.79 Å². The van der Waals surface area contributed by atoms with Crippen molar-refractivity contribution in [2.24, 2.45) is 0 Å². The molecule has 1 N–H and O–H groups in total. The van der Waals surface area contributed by atoms with E-state index in [4.69, 9.17) is 0 Å². The number of carbonyl (C=O) groups excluding carboxylic acids is 2. The van der Waals surface area contributed by atoms with Crippen molar-refractivity contribution >= 4 is 23.2 Å². The number of piperazine rings is 1. The number of rotatable bonds is 3. The Morgan fingerprint density at radius 3 is 2.55 bits per heavy atom. The molecule has 0 radical (unpaired) electrons. The molecule has 2 amide bonds. The van der Waals surface area contributed by atoms with Crippen molar-refractivity contribution in [3.8, 4) is 0 Å². The van der Waals surface area contributed by atoms with Gasteiger partial charge in [0.15, 0.2) is 0 Å². The van der Waals surface area contributed by atoms with E-state index < -0.39 is 0 Å². The Kier molecular flexibility index (Phi) is 4.49. The number of nitrogens with zero attached hydrogens (tertiary/aromatic N) is 2. The second-order valence-corrected chi connectivity index (χ2v) is 6.98. The van der Waals surface area contributed by atoms with E-state index in [-0.39, 0.29) is 17.4 Å². The third-order valence-corrected chi connectivity index (χ3v) is 5.70. The highest BCUT2D eigenvalue weighted by Gasteiger charge is 2.42. The molecule has 2 aliphatic rings. The first kappa shape index (κ1) is 15.5. The van der Waals surface area contributed by atoms with Crippen LogP contribution in [0.4, 0.5) is 0 Å². The Balaban J connectivity index is 1.60. The monoisotopic (exact) mass is 321 g/mol. The van der Waals surface area contributed by atoms with E-state index in [9.17, 15) is 9.59 Å².